The summed E-state index contributed by atoms with van der Waals surface area (Å²) in [5.74, 6) is 0. The number of hydrogen-bond acceptors (Lipinski definition) is 1. The number of rotatable bonds is 2. The van der Waals surface area contributed by atoms with Crippen LogP contribution in [-0.4, -0.2) is 9.55 Å². The smallest absolute Gasteiger partial charge is 0.255 e. The third-order valence-corrected chi connectivity index (χ3v) is 5.91. The van der Waals surface area contributed by atoms with Crippen LogP contribution in [0.15, 0.2) is 65.6 Å². The molecule has 1 N–H and O–H groups in total. The molecule has 5 rings (SSSR count). The molecule has 0 saturated carbocycles. The van der Waals surface area contributed by atoms with Crippen molar-refractivity contribution in [3.63, 3.8) is 0 Å². The molecule has 28 heavy (non-hydrogen) atoms. The number of fused-ring (bicyclic) bond motifs is 3. The van der Waals surface area contributed by atoms with Crippen molar-refractivity contribution in [2.45, 2.75) is 39.0 Å². The van der Waals surface area contributed by atoms with E-state index in [1.54, 1.807) is 10.6 Å². The van der Waals surface area contributed by atoms with E-state index in [1.165, 1.54) is 41.5 Å². The quantitative estimate of drug-likeness (QED) is 0.462. The van der Waals surface area contributed by atoms with Gasteiger partial charge in [0.15, 0.2) is 0 Å². The van der Waals surface area contributed by atoms with E-state index in [0.29, 0.717) is 0 Å². The summed E-state index contributed by atoms with van der Waals surface area (Å²) >= 11 is 0. The largest absolute Gasteiger partial charge is 0.358 e. The summed E-state index contributed by atoms with van der Waals surface area (Å²) < 4.78 is 1.73. The lowest BCUT2D eigenvalue weighted by molar-refractivity contribution is 0.708. The van der Waals surface area contributed by atoms with Crippen LogP contribution in [0, 0.1) is 6.92 Å². The molecule has 0 spiro atoms. The molecule has 0 radical (unpaired) electrons. The third kappa shape index (κ3) is 2.97. The summed E-state index contributed by atoms with van der Waals surface area (Å²) in [5, 5.41) is 1.31. The van der Waals surface area contributed by atoms with Gasteiger partial charge in [0.1, 0.15) is 0 Å². The number of benzene rings is 2. The second-order valence-electron chi connectivity index (χ2n) is 7.86. The molecule has 2 aromatic heterocycles. The first-order valence-corrected chi connectivity index (χ1v) is 10.1. The molecule has 2 aromatic carbocycles. The Bertz CT molecular complexity index is 1210. The van der Waals surface area contributed by atoms with E-state index in [9.17, 15) is 4.79 Å². The van der Waals surface area contributed by atoms with Gasteiger partial charge in [0, 0.05) is 28.9 Å². The lowest BCUT2D eigenvalue weighted by atomic mass is 10.1. The number of H-pyrrole nitrogens is 1. The zero-order valence-electron chi connectivity index (χ0n) is 16.2. The van der Waals surface area contributed by atoms with Gasteiger partial charge in [-0.15, -0.1) is 0 Å². The monoisotopic (exact) mass is 368 g/mol. The number of aromatic amines is 1. The SMILES string of the molecule is Cc1ccc(-c2ccn(-c3ccc4c5c([nH]c4c3)CCCCC5)c(=O)c2)cc1. The Morgan fingerprint density at radius 3 is 2.50 bits per heavy atom. The number of nitrogens with zero attached hydrogens (tertiary/aromatic N) is 1. The van der Waals surface area contributed by atoms with Crippen LogP contribution in [-0.2, 0) is 12.8 Å². The molecule has 0 unspecified atom stereocenters. The van der Waals surface area contributed by atoms with Gasteiger partial charge in [-0.25, -0.2) is 0 Å². The first-order valence-electron chi connectivity index (χ1n) is 10.1. The van der Waals surface area contributed by atoms with Gasteiger partial charge in [-0.05, 0) is 67.5 Å². The molecule has 1 aliphatic rings. The van der Waals surface area contributed by atoms with E-state index in [0.717, 1.165) is 35.2 Å². The molecular formula is C25H24N2O. The highest BCUT2D eigenvalue weighted by atomic mass is 16.1. The minimum absolute atomic E-state index is 0.00876. The minimum atomic E-state index is -0.00876. The second kappa shape index (κ2) is 6.83. The number of pyridine rings is 1. The molecule has 2 heterocycles. The van der Waals surface area contributed by atoms with Crippen LogP contribution in [0.25, 0.3) is 27.7 Å². The second-order valence-corrected chi connectivity index (χ2v) is 7.86. The van der Waals surface area contributed by atoms with E-state index >= 15 is 0 Å². The molecule has 4 aromatic rings. The van der Waals surface area contributed by atoms with Crippen LogP contribution >= 0.6 is 0 Å². The Hall–Kier alpha value is -3.07. The van der Waals surface area contributed by atoms with Crippen molar-refractivity contribution in [2.75, 3.05) is 0 Å². The van der Waals surface area contributed by atoms with Crippen molar-refractivity contribution >= 4 is 10.9 Å². The summed E-state index contributed by atoms with van der Waals surface area (Å²) in [7, 11) is 0. The summed E-state index contributed by atoms with van der Waals surface area (Å²) in [5.41, 5.74) is 8.13. The molecule has 140 valence electrons. The van der Waals surface area contributed by atoms with E-state index < -0.39 is 0 Å². The molecule has 0 amide bonds. The van der Waals surface area contributed by atoms with Gasteiger partial charge in [0.05, 0.1) is 5.69 Å². The normalized spacial score (nSPS) is 14.0. The van der Waals surface area contributed by atoms with Gasteiger partial charge in [-0.2, -0.15) is 0 Å². The molecule has 0 aliphatic heterocycles. The molecule has 0 atom stereocenters. The lowest BCUT2D eigenvalue weighted by Gasteiger charge is -2.08. The molecule has 3 heteroatoms. The highest BCUT2D eigenvalue weighted by molar-refractivity contribution is 5.86. The standard InChI is InChI=1S/C25H24N2O/c1-17-7-9-18(10-8-17)19-13-14-27(25(28)15-19)20-11-12-22-21-5-3-2-4-6-23(21)26-24(22)16-20/h7-16,26H,2-6H2,1H3. The van der Waals surface area contributed by atoms with Crippen molar-refractivity contribution in [1.82, 2.24) is 9.55 Å². The lowest BCUT2D eigenvalue weighted by Crippen LogP contribution is -2.16. The zero-order chi connectivity index (χ0) is 19.1. The molecular weight excluding hydrogens is 344 g/mol. The molecule has 3 nitrogen and oxygen atoms in total. The Labute approximate surface area is 164 Å². The van der Waals surface area contributed by atoms with Crippen LogP contribution in [0.5, 0.6) is 0 Å². The Morgan fingerprint density at radius 2 is 1.68 bits per heavy atom. The van der Waals surface area contributed by atoms with Gasteiger partial charge in [-0.3, -0.25) is 9.36 Å². The maximum absolute atomic E-state index is 12.8. The molecule has 0 saturated heterocycles. The third-order valence-electron chi connectivity index (χ3n) is 5.91. The fraction of sp³-hybridized carbons (Fsp3) is 0.240. The summed E-state index contributed by atoms with van der Waals surface area (Å²) in [6.07, 6.45) is 8.00. The fourth-order valence-electron chi connectivity index (χ4n) is 4.35. The van der Waals surface area contributed by atoms with E-state index in [1.807, 2.05) is 12.3 Å². The Balaban J connectivity index is 1.54. The van der Waals surface area contributed by atoms with Crippen molar-refractivity contribution in [3.05, 3.63) is 88.0 Å². The fourth-order valence-corrected chi connectivity index (χ4v) is 4.35. The summed E-state index contributed by atoms with van der Waals surface area (Å²) in [6.45, 7) is 2.07. The van der Waals surface area contributed by atoms with E-state index in [2.05, 4.69) is 54.4 Å². The topological polar surface area (TPSA) is 37.8 Å². The van der Waals surface area contributed by atoms with Crippen molar-refractivity contribution in [1.29, 1.82) is 0 Å². The number of aromatic nitrogens is 2. The van der Waals surface area contributed by atoms with Crippen LogP contribution in [0.2, 0.25) is 0 Å². The maximum Gasteiger partial charge on any atom is 0.255 e. The van der Waals surface area contributed by atoms with E-state index in [4.69, 9.17) is 0 Å². The summed E-state index contributed by atoms with van der Waals surface area (Å²) in [6, 6.07) is 18.4. The highest BCUT2D eigenvalue weighted by Gasteiger charge is 2.15. The molecule has 1 aliphatic carbocycles. The predicted molar refractivity (Wildman–Crippen MR) is 115 cm³/mol. The number of nitrogens with one attached hydrogen (secondary N) is 1. The van der Waals surface area contributed by atoms with Crippen LogP contribution in [0.3, 0.4) is 0 Å². The first kappa shape index (κ1) is 17.1. The minimum Gasteiger partial charge on any atom is -0.358 e. The van der Waals surface area contributed by atoms with Crippen molar-refractivity contribution in [2.24, 2.45) is 0 Å². The Morgan fingerprint density at radius 1 is 0.857 bits per heavy atom. The van der Waals surface area contributed by atoms with E-state index in [-0.39, 0.29) is 5.56 Å². The first-order chi connectivity index (χ1) is 13.7. The average molecular weight is 368 g/mol. The van der Waals surface area contributed by atoms with Gasteiger partial charge in [-0.1, -0.05) is 42.3 Å². The number of hydrogen-bond donors (Lipinski definition) is 1. The molecule has 0 fully saturated rings. The van der Waals surface area contributed by atoms with Gasteiger partial charge < -0.3 is 4.98 Å². The van der Waals surface area contributed by atoms with Crippen molar-refractivity contribution in [3.8, 4) is 16.8 Å². The van der Waals surface area contributed by atoms with Crippen molar-refractivity contribution < 1.29 is 0 Å². The van der Waals surface area contributed by atoms with Crippen LogP contribution < -0.4 is 5.56 Å². The maximum atomic E-state index is 12.8. The molecule has 0 bridgehead atoms. The van der Waals surface area contributed by atoms with Crippen LogP contribution in [0.4, 0.5) is 0 Å². The predicted octanol–water partition coefficient (Wildman–Crippen LogP) is 5.56. The van der Waals surface area contributed by atoms with Crippen LogP contribution in [0.1, 0.15) is 36.1 Å². The average Bonchev–Trinajstić information content (AvgIpc) is 2.88. The van der Waals surface area contributed by atoms with Gasteiger partial charge in [0.25, 0.3) is 5.56 Å². The van der Waals surface area contributed by atoms with Gasteiger partial charge in [0.2, 0.25) is 0 Å². The Kier molecular flexibility index (Phi) is 4.16. The number of aryl methyl sites for hydroxylation is 3. The zero-order valence-corrected chi connectivity index (χ0v) is 16.2. The summed E-state index contributed by atoms with van der Waals surface area (Å²) in [4.78, 5) is 16.4. The van der Waals surface area contributed by atoms with Gasteiger partial charge >= 0.3 is 0 Å². The highest BCUT2D eigenvalue weighted by Crippen LogP contribution is 2.29.